The van der Waals surface area contributed by atoms with Crippen LogP contribution in [0.5, 0.6) is 0 Å². The Kier molecular flexibility index (Phi) is 5.43. The first-order valence-corrected chi connectivity index (χ1v) is 8.56. The molecule has 1 aliphatic heterocycles. The first-order valence-electron chi connectivity index (χ1n) is 7.75. The summed E-state index contributed by atoms with van der Waals surface area (Å²) in [5.74, 6) is -1.19. The van der Waals surface area contributed by atoms with Crippen molar-refractivity contribution in [1.29, 1.82) is 0 Å². The van der Waals surface area contributed by atoms with Crippen LogP contribution in [-0.4, -0.2) is 40.0 Å². The quantitative estimate of drug-likeness (QED) is 0.818. The zero-order chi connectivity index (χ0) is 18.5. The molecule has 3 rings (SSSR count). The van der Waals surface area contributed by atoms with E-state index in [0.717, 1.165) is 16.7 Å². The molecule has 3 amide bonds. The molecule has 8 heteroatoms. The van der Waals surface area contributed by atoms with E-state index in [1.54, 1.807) is 18.2 Å². The second-order valence-corrected chi connectivity index (χ2v) is 6.35. The van der Waals surface area contributed by atoms with E-state index in [-0.39, 0.29) is 35.4 Å². The Morgan fingerprint density at radius 1 is 1.19 bits per heavy atom. The predicted octanol–water partition coefficient (Wildman–Crippen LogP) is 2.69. The Bertz CT molecular complexity index is 869. The lowest BCUT2D eigenvalue weighted by Crippen LogP contribution is -2.37. The van der Waals surface area contributed by atoms with Crippen molar-refractivity contribution in [2.75, 3.05) is 13.1 Å². The number of halogens is 1. The SMILES string of the molecule is O=C(NCCN1C(=O)S/C(=C\c2ccc(F)cc2)C1=O)c1ccccn1. The van der Waals surface area contributed by atoms with Crippen molar-refractivity contribution < 1.29 is 18.8 Å². The van der Waals surface area contributed by atoms with Crippen LogP contribution in [0, 0.1) is 5.82 Å². The number of nitrogens with one attached hydrogen (secondary N) is 1. The van der Waals surface area contributed by atoms with Crippen LogP contribution in [0.2, 0.25) is 0 Å². The van der Waals surface area contributed by atoms with Gasteiger partial charge in [-0.25, -0.2) is 4.39 Å². The number of benzene rings is 1. The van der Waals surface area contributed by atoms with E-state index in [1.165, 1.54) is 36.5 Å². The smallest absolute Gasteiger partial charge is 0.293 e. The zero-order valence-corrected chi connectivity index (χ0v) is 14.3. The molecular weight excluding hydrogens is 357 g/mol. The Morgan fingerprint density at radius 2 is 1.96 bits per heavy atom. The van der Waals surface area contributed by atoms with E-state index in [2.05, 4.69) is 10.3 Å². The summed E-state index contributed by atoms with van der Waals surface area (Å²) in [7, 11) is 0. The van der Waals surface area contributed by atoms with Crippen LogP contribution in [-0.2, 0) is 4.79 Å². The van der Waals surface area contributed by atoms with Gasteiger partial charge in [0.1, 0.15) is 11.5 Å². The highest BCUT2D eigenvalue weighted by Crippen LogP contribution is 2.31. The van der Waals surface area contributed by atoms with Gasteiger partial charge in [-0.1, -0.05) is 18.2 Å². The van der Waals surface area contributed by atoms with Gasteiger partial charge in [-0.15, -0.1) is 0 Å². The Hall–Kier alpha value is -3.00. The maximum Gasteiger partial charge on any atom is 0.293 e. The molecule has 0 bridgehead atoms. The number of nitrogens with zero attached hydrogens (tertiary/aromatic N) is 2. The van der Waals surface area contributed by atoms with E-state index in [9.17, 15) is 18.8 Å². The molecule has 0 saturated carbocycles. The van der Waals surface area contributed by atoms with Gasteiger partial charge >= 0.3 is 0 Å². The first-order chi connectivity index (χ1) is 12.5. The van der Waals surface area contributed by atoms with Crippen LogP contribution in [0.3, 0.4) is 0 Å². The molecule has 1 aliphatic rings. The number of hydrogen-bond acceptors (Lipinski definition) is 5. The van der Waals surface area contributed by atoms with Crippen LogP contribution >= 0.6 is 11.8 Å². The van der Waals surface area contributed by atoms with Gasteiger partial charge in [0.15, 0.2) is 0 Å². The van der Waals surface area contributed by atoms with E-state index < -0.39 is 11.1 Å². The van der Waals surface area contributed by atoms with Crippen LogP contribution < -0.4 is 5.32 Å². The lowest BCUT2D eigenvalue weighted by molar-refractivity contribution is -0.122. The molecular formula is C18H14FN3O3S. The fourth-order valence-electron chi connectivity index (χ4n) is 2.27. The standard InChI is InChI=1S/C18H14FN3O3S/c19-13-6-4-12(5-7-13)11-15-17(24)22(18(25)26-15)10-9-21-16(23)14-3-1-2-8-20-14/h1-8,11H,9-10H2,(H,21,23)/b15-11-. The number of hydrogen-bond donors (Lipinski definition) is 1. The monoisotopic (exact) mass is 371 g/mol. The molecule has 1 N–H and O–H groups in total. The molecule has 1 saturated heterocycles. The summed E-state index contributed by atoms with van der Waals surface area (Å²) in [5, 5.41) is 2.21. The van der Waals surface area contributed by atoms with E-state index in [1.807, 2.05) is 0 Å². The molecule has 0 radical (unpaired) electrons. The maximum absolute atomic E-state index is 12.9. The number of aromatic nitrogens is 1. The van der Waals surface area contributed by atoms with Crippen LogP contribution in [0.25, 0.3) is 6.08 Å². The number of rotatable bonds is 5. The number of imide groups is 1. The molecule has 0 spiro atoms. The van der Waals surface area contributed by atoms with Gasteiger partial charge in [0.05, 0.1) is 4.91 Å². The Morgan fingerprint density at radius 3 is 2.65 bits per heavy atom. The molecule has 0 aliphatic carbocycles. The minimum atomic E-state index is -0.434. The summed E-state index contributed by atoms with van der Waals surface area (Å²) in [4.78, 5) is 41.5. The second kappa shape index (κ2) is 7.92. The maximum atomic E-state index is 12.9. The van der Waals surface area contributed by atoms with Gasteiger partial charge in [-0.3, -0.25) is 24.3 Å². The molecule has 132 valence electrons. The van der Waals surface area contributed by atoms with Crippen molar-refractivity contribution in [3.8, 4) is 0 Å². The fourth-order valence-corrected chi connectivity index (χ4v) is 3.14. The molecule has 0 atom stereocenters. The van der Waals surface area contributed by atoms with Crippen molar-refractivity contribution in [1.82, 2.24) is 15.2 Å². The minimum absolute atomic E-state index is 0.0595. The molecule has 2 aromatic rings. The summed E-state index contributed by atoms with van der Waals surface area (Å²) in [6.07, 6.45) is 3.04. The minimum Gasteiger partial charge on any atom is -0.349 e. The topological polar surface area (TPSA) is 79.4 Å². The van der Waals surface area contributed by atoms with Crippen LogP contribution in [0.1, 0.15) is 16.1 Å². The van der Waals surface area contributed by atoms with E-state index in [0.29, 0.717) is 5.56 Å². The van der Waals surface area contributed by atoms with E-state index in [4.69, 9.17) is 0 Å². The summed E-state index contributed by atoms with van der Waals surface area (Å²) in [6.45, 7) is 0.182. The van der Waals surface area contributed by atoms with Crippen LogP contribution in [0.15, 0.2) is 53.6 Å². The summed E-state index contributed by atoms with van der Waals surface area (Å²) in [5.41, 5.74) is 0.887. The van der Waals surface area contributed by atoms with Crippen molar-refractivity contribution in [3.05, 3.63) is 70.6 Å². The molecule has 26 heavy (non-hydrogen) atoms. The number of amides is 3. The average molecular weight is 371 g/mol. The number of carbonyl (C=O) groups excluding carboxylic acids is 3. The highest BCUT2D eigenvalue weighted by atomic mass is 32.2. The van der Waals surface area contributed by atoms with Gasteiger partial charge in [-0.05, 0) is 47.7 Å². The second-order valence-electron chi connectivity index (χ2n) is 5.36. The first kappa shape index (κ1) is 17.8. The molecule has 1 aromatic carbocycles. The third-order valence-electron chi connectivity index (χ3n) is 3.56. The van der Waals surface area contributed by atoms with Crippen LogP contribution in [0.4, 0.5) is 9.18 Å². The summed E-state index contributed by atoms with van der Waals surface area (Å²) < 4.78 is 12.9. The third-order valence-corrected chi connectivity index (χ3v) is 4.47. The number of carbonyl (C=O) groups is 3. The highest BCUT2D eigenvalue weighted by molar-refractivity contribution is 8.18. The predicted molar refractivity (Wildman–Crippen MR) is 95.6 cm³/mol. The van der Waals surface area contributed by atoms with E-state index >= 15 is 0 Å². The zero-order valence-electron chi connectivity index (χ0n) is 13.5. The molecule has 2 heterocycles. The largest absolute Gasteiger partial charge is 0.349 e. The molecule has 1 aromatic heterocycles. The molecule has 6 nitrogen and oxygen atoms in total. The summed E-state index contributed by atoms with van der Waals surface area (Å²) >= 11 is 0.816. The number of pyridine rings is 1. The molecule has 0 unspecified atom stereocenters. The van der Waals surface area contributed by atoms with Crippen molar-refractivity contribution in [2.45, 2.75) is 0 Å². The Balaban J connectivity index is 1.59. The molecule has 1 fully saturated rings. The van der Waals surface area contributed by atoms with Crippen molar-refractivity contribution in [3.63, 3.8) is 0 Å². The van der Waals surface area contributed by atoms with Crippen molar-refractivity contribution >= 4 is 34.9 Å². The fraction of sp³-hybridized carbons (Fsp3) is 0.111. The lowest BCUT2D eigenvalue weighted by Gasteiger charge is -2.12. The van der Waals surface area contributed by atoms with Gasteiger partial charge < -0.3 is 5.32 Å². The van der Waals surface area contributed by atoms with Gasteiger partial charge in [-0.2, -0.15) is 0 Å². The normalized spacial score (nSPS) is 15.6. The van der Waals surface area contributed by atoms with Gasteiger partial charge in [0.2, 0.25) is 0 Å². The van der Waals surface area contributed by atoms with Crippen molar-refractivity contribution in [2.24, 2.45) is 0 Å². The average Bonchev–Trinajstić information content (AvgIpc) is 2.91. The summed E-state index contributed by atoms with van der Waals surface area (Å²) in [6, 6.07) is 10.6. The lowest BCUT2D eigenvalue weighted by atomic mass is 10.2. The Labute approximate surface area is 153 Å². The number of thioether (sulfide) groups is 1. The van der Waals surface area contributed by atoms with Gasteiger partial charge in [0, 0.05) is 19.3 Å². The highest BCUT2D eigenvalue weighted by Gasteiger charge is 2.34. The third kappa shape index (κ3) is 4.15. The van der Waals surface area contributed by atoms with Gasteiger partial charge in [0.25, 0.3) is 17.1 Å².